The lowest BCUT2D eigenvalue weighted by Gasteiger charge is -2.19. The third-order valence-electron chi connectivity index (χ3n) is 7.42. The lowest BCUT2D eigenvalue weighted by atomic mass is 9.90. The summed E-state index contributed by atoms with van der Waals surface area (Å²) in [7, 11) is -3.04. The number of nitrogens with zero attached hydrogens (tertiary/aromatic N) is 1. The van der Waals surface area contributed by atoms with Gasteiger partial charge in [0.2, 0.25) is 5.88 Å². The molecule has 5 rings (SSSR count). The minimum atomic E-state index is -3.04. The van der Waals surface area contributed by atoms with Gasteiger partial charge in [0.25, 0.3) is 0 Å². The van der Waals surface area contributed by atoms with Crippen LogP contribution in [0, 0.1) is 19.7 Å². The van der Waals surface area contributed by atoms with Crippen molar-refractivity contribution in [3.05, 3.63) is 70.2 Å². The molecule has 2 atom stereocenters. The van der Waals surface area contributed by atoms with E-state index in [0.717, 1.165) is 38.3 Å². The van der Waals surface area contributed by atoms with Crippen molar-refractivity contribution < 1.29 is 32.2 Å². The number of thioether (sulfide) groups is 1. The van der Waals surface area contributed by atoms with E-state index in [2.05, 4.69) is 4.98 Å². The van der Waals surface area contributed by atoms with Gasteiger partial charge in [-0.25, -0.2) is 17.8 Å². The molecule has 0 radical (unpaired) electrons. The van der Waals surface area contributed by atoms with E-state index in [4.69, 9.17) is 9.47 Å². The topological polar surface area (TPSA) is 103 Å². The number of hydrogen-bond donors (Lipinski definition) is 1. The van der Waals surface area contributed by atoms with Gasteiger partial charge < -0.3 is 14.6 Å². The SMILES string of the molecule is Cc1cc(OCCCS(C)(=O)=O)cc(C)c1-c1c(F)ccc2c1CCC2Oc1cc2c(cn1)C(CC(=O)O)CS2. The number of carboxylic acids is 1. The van der Waals surface area contributed by atoms with Gasteiger partial charge in [0.15, 0.2) is 0 Å². The summed E-state index contributed by atoms with van der Waals surface area (Å²) in [5.74, 6) is 0.741. The molecule has 3 aromatic rings. The second-order valence-corrected chi connectivity index (χ2v) is 13.9. The van der Waals surface area contributed by atoms with Crippen LogP contribution in [-0.4, -0.2) is 48.8 Å². The molecule has 1 aromatic heterocycles. The molecule has 2 heterocycles. The first kappa shape index (κ1) is 28.4. The van der Waals surface area contributed by atoms with E-state index < -0.39 is 15.8 Å². The Morgan fingerprint density at radius 1 is 1.15 bits per heavy atom. The summed E-state index contributed by atoms with van der Waals surface area (Å²) < 4.78 is 50.2. The van der Waals surface area contributed by atoms with Crippen LogP contribution in [-0.2, 0) is 21.1 Å². The summed E-state index contributed by atoms with van der Waals surface area (Å²) in [5.41, 5.74) is 5.98. The molecule has 1 aliphatic carbocycles. The number of halogens is 1. The normalized spacial score (nSPS) is 17.9. The number of carbonyl (C=O) groups is 1. The Kier molecular flexibility index (Phi) is 8.10. The molecule has 2 aromatic carbocycles. The fraction of sp³-hybridized carbons (Fsp3) is 0.400. The molecule has 40 heavy (non-hydrogen) atoms. The van der Waals surface area contributed by atoms with Crippen LogP contribution in [0.15, 0.2) is 41.4 Å². The molecular weight excluding hydrogens is 553 g/mol. The minimum Gasteiger partial charge on any atom is -0.494 e. The number of ether oxygens (including phenoxy) is 2. The molecule has 0 fully saturated rings. The van der Waals surface area contributed by atoms with Crippen molar-refractivity contribution in [2.24, 2.45) is 0 Å². The molecule has 1 aliphatic heterocycles. The predicted octanol–water partition coefficient (Wildman–Crippen LogP) is 6.05. The second-order valence-electron chi connectivity index (χ2n) is 10.6. The van der Waals surface area contributed by atoms with Crippen molar-refractivity contribution in [1.82, 2.24) is 4.98 Å². The monoisotopic (exact) mass is 585 g/mol. The summed E-state index contributed by atoms with van der Waals surface area (Å²) in [6.07, 6.45) is 4.51. The number of aryl methyl sites for hydroxylation is 2. The van der Waals surface area contributed by atoms with Crippen molar-refractivity contribution in [1.29, 1.82) is 0 Å². The molecule has 0 bridgehead atoms. The zero-order valence-corrected chi connectivity index (χ0v) is 24.3. The quantitative estimate of drug-likeness (QED) is 0.287. The Bertz CT molecular complexity index is 1550. The van der Waals surface area contributed by atoms with Gasteiger partial charge in [-0.05, 0) is 84.7 Å². The maximum Gasteiger partial charge on any atom is 0.303 e. The van der Waals surface area contributed by atoms with Gasteiger partial charge in [-0.15, -0.1) is 11.8 Å². The highest BCUT2D eigenvalue weighted by molar-refractivity contribution is 7.99. The smallest absolute Gasteiger partial charge is 0.303 e. The van der Waals surface area contributed by atoms with Crippen LogP contribution in [0.5, 0.6) is 11.6 Å². The third-order valence-corrected chi connectivity index (χ3v) is 9.68. The molecule has 0 saturated heterocycles. The van der Waals surface area contributed by atoms with Crippen molar-refractivity contribution >= 4 is 27.6 Å². The lowest BCUT2D eigenvalue weighted by Crippen LogP contribution is -2.08. The van der Waals surface area contributed by atoms with Crippen molar-refractivity contribution in [2.45, 2.75) is 56.4 Å². The van der Waals surface area contributed by atoms with E-state index >= 15 is 4.39 Å². The van der Waals surface area contributed by atoms with Gasteiger partial charge >= 0.3 is 5.97 Å². The van der Waals surface area contributed by atoms with Gasteiger partial charge in [0.05, 0.1) is 18.8 Å². The molecule has 10 heteroatoms. The van der Waals surface area contributed by atoms with Crippen molar-refractivity contribution in [3.8, 4) is 22.8 Å². The van der Waals surface area contributed by atoms with E-state index in [9.17, 15) is 18.3 Å². The number of aromatic nitrogens is 1. The molecule has 0 saturated carbocycles. The Morgan fingerprint density at radius 2 is 1.90 bits per heavy atom. The number of aliphatic carboxylic acids is 1. The Balaban J connectivity index is 1.36. The number of hydrogen-bond acceptors (Lipinski definition) is 7. The number of fused-ring (bicyclic) bond motifs is 2. The number of sulfone groups is 1. The second kappa shape index (κ2) is 11.4. The molecular formula is C30H32FNO6S2. The van der Waals surface area contributed by atoms with Gasteiger partial charge in [0, 0.05) is 40.6 Å². The van der Waals surface area contributed by atoms with E-state index in [1.54, 1.807) is 24.0 Å². The van der Waals surface area contributed by atoms with Gasteiger partial charge in [-0.3, -0.25) is 4.79 Å². The Labute approximate surface area is 238 Å². The number of carboxylic acid groups (broad SMARTS) is 1. The third kappa shape index (κ3) is 6.12. The van der Waals surface area contributed by atoms with Gasteiger partial charge in [-0.1, -0.05) is 6.07 Å². The Hall–Kier alpha value is -3.11. The molecule has 2 unspecified atom stereocenters. The minimum absolute atomic E-state index is 0.0486. The van der Waals surface area contributed by atoms with Crippen LogP contribution in [0.1, 0.15) is 59.1 Å². The molecule has 0 spiro atoms. The summed E-state index contributed by atoms with van der Waals surface area (Å²) in [6.45, 7) is 4.14. The summed E-state index contributed by atoms with van der Waals surface area (Å²) in [5, 5.41) is 9.17. The zero-order chi connectivity index (χ0) is 28.6. The molecule has 0 amide bonds. The van der Waals surface area contributed by atoms with Crippen LogP contribution in [0.4, 0.5) is 4.39 Å². The molecule has 212 valence electrons. The maximum absolute atomic E-state index is 15.4. The summed E-state index contributed by atoms with van der Waals surface area (Å²) >= 11 is 1.62. The lowest BCUT2D eigenvalue weighted by molar-refractivity contribution is -0.137. The van der Waals surface area contributed by atoms with Gasteiger partial charge in [-0.2, -0.15) is 0 Å². The van der Waals surface area contributed by atoms with Crippen LogP contribution >= 0.6 is 11.8 Å². The van der Waals surface area contributed by atoms with Crippen LogP contribution in [0.2, 0.25) is 0 Å². The largest absolute Gasteiger partial charge is 0.494 e. The van der Waals surface area contributed by atoms with Crippen molar-refractivity contribution in [2.75, 3.05) is 24.4 Å². The average Bonchev–Trinajstić information content (AvgIpc) is 3.45. The highest BCUT2D eigenvalue weighted by Gasteiger charge is 2.31. The number of pyridine rings is 1. The number of rotatable bonds is 10. The van der Waals surface area contributed by atoms with E-state index in [0.29, 0.717) is 42.2 Å². The summed E-state index contributed by atoms with van der Waals surface area (Å²) in [6, 6.07) is 8.91. The van der Waals surface area contributed by atoms with E-state index in [1.165, 1.54) is 12.3 Å². The first-order valence-electron chi connectivity index (χ1n) is 13.2. The standard InChI is InChI=1S/C30H32FNO6S2/c1-17-11-20(37-9-4-10-40(3,35)36)12-18(2)29(17)30-22-6-8-25(21(22)5-7-24(30)31)38-27-14-26-23(15-32-27)19(16-39-26)13-28(33)34/h5,7,11-12,14-15,19,25H,4,6,8-10,13,16H2,1-3H3,(H,33,34). The Morgan fingerprint density at radius 3 is 2.60 bits per heavy atom. The highest BCUT2D eigenvalue weighted by atomic mass is 32.2. The predicted molar refractivity (Wildman–Crippen MR) is 153 cm³/mol. The van der Waals surface area contributed by atoms with Crippen LogP contribution < -0.4 is 9.47 Å². The zero-order valence-electron chi connectivity index (χ0n) is 22.7. The highest BCUT2D eigenvalue weighted by Crippen LogP contribution is 2.45. The fourth-order valence-corrected chi connectivity index (χ4v) is 7.56. The number of benzene rings is 2. The first-order chi connectivity index (χ1) is 19.0. The van der Waals surface area contributed by atoms with E-state index in [1.807, 2.05) is 32.0 Å². The average molecular weight is 586 g/mol. The van der Waals surface area contributed by atoms with Crippen LogP contribution in [0.25, 0.3) is 11.1 Å². The first-order valence-corrected chi connectivity index (χ1v) is 16.3. The van der Waals surface area contributed by atoms with Crippen LogP contribution in [0.3, 0.4) is 0 Å². The maximum atomic E-state index is 15.4. The van der Waals surface area contributed by atoms with E-state index in [-0.39, 0.29) is 36.6 Å². The molecule has 2 aliphatic rings. The molecule has 1 N–H and O–H groups in total. The van der Waals surface area contributed by atoms with Crippen molar-refractivity contribution in [3.63, 3.8) is 0 Å². The molecule has 7 nitrogen and oxygen atoms in total. The summed E-state index contributed by atoms with van der Waals surface area (Å²) in [4.78, 5) is 16.6. The fourth-order valence-electron chi connectivity index (χ4n) is 5.67. The van der Waals surface area contributed by atoms with Gasteiger partial charge in [0.1, 0.15) is 27.5 Å².